The SMILES string of the molecule is CCCCC(Oc1ccc(OC)cc1)Oc1cccc(N(S)C(N)=O)c1. The topological polar surface area (TPSA) is 74.0 Å². The highest BCUT2D eigenvalue weighted by Gasteiger charge is 2.14. The third-order valence-corrected chi connectivity index (χ3v) is 4.09. The summed E-state index contributed by atoms with van der Waals surface area (Å²) in [5.41, 5.74) is 5.77. The number of carbonyl (C=O) groups excluding carboxylic acids is 1. The molecule has 0 aliphatic carbocycles. The van der Waals surface area contributed by atoms with Gasteiger partial charge >= 0.3 is 6.03 Å². The zero-order valence-electron chi connectivity index (χ0n) is 14.9. The molecule has 0 spiro atoms. The standard InChI is InChI=1S/C19H24N2O4S/c1-3-4-8-18(24-16-11-9-15(23-2)10-12-16)25-17-7-5-6-14(13-17)21(26)19(20)22/h5-7,9-13,18,26H,3-4,8H2,1-2H3,(H2,20,22). The van der Waals surface area contributed by atoms with Crippen LogP contribution in [-0.4, -0.2) is 19.4 Å². The zero-order chi connectivity index (χ0) is 18.9. The van der Waals surface area contributed by atoms with E-state index >= 15 is 0 Å². The third kappa shape index (κ3) is 5.77. The molecular weight excluding hydrogens is 352 g/mol. The van der Waals surface area contributed by atoms with Crippen LogP contribution in [0.1, 0.15) is 26.2 Å². The van der Waals surface area contributed by atoms with Crippen LogP contribution >= 0.6 is 12.8 Å². The molecule has 0 fully saturated rings. The number of primary amides is 1. The second kappa shape index (κ2) is 9.82. The van der Waals surface area contributed by atoms with Crippen LogP contribution < -0.4 is 24.2 Å². The summed E-state index contributed by atoms with van der Waals surface area (Å²) in [7, 11) is 1.62. The van der Waals surface area contributed by atoms with E-state index in [2.05, 4.69) is 19.7 Å². The maximum atomic E-state index is 11.3. The Morgan fingerprint density at radius 2 is 1.77 bits per heavy atom. The number of methoxy groups -OCH3 is 1. The number of carbonyl (C=O) groups is 1. The van der Waals surface area contributed by atoms with E-state index in [0.717, 1.165) is 29.3 Å². The Bertz CT molecular complexity index is 709. The number of hydrogen-bond donors (Lipinski definition) is 2. The molecule has 0 heterocycles. The van der Waals surface area contributed by atoms with Crippen LogP contribution in [-0.2, 0) is 0 Å². The molecule has 0 saturated heterocycles. The van der Waals surface area contributed by atoms with E-state index in [9.17, 15) is 4.79 Å². The molecule has 6 nitrogen and oxygen atoms in total. The molecule has 0 aliphatic rings. The van der Waals surface area contributed by atoms with E-state index in [1.54, 1.807) is 31.4 Å². The van der Waals surface area contributed by atoms with Crippen molar-refractivity contribution in [3.8, 4) is 17.2 Å². The first-order valence-corrected chi connectivity index (χ1v) is 8.79. The van der Waals surface area contributed by atoms with E-state index in [1.807, 2.05) is 24.3 Å². The molecule has 1 atom stereocenters. The van der Waals surface area contributed by atoms with Crippen LogP contribution in [0, 0.1) is 0 Å². The fourth-order valence-corrected chi connectivity index (χ4v) is 2.41. The van der Waals surface area contributed by atoms with Gasteiger partial charge in [-0.1, -0.05) is 32.2 Å². The Kier molecular flexibility index (Phi) is 7.47. The first-order chi connectivity index (χ1) is 12.5. The summed E-state index contributed by atoms with van der Waals surface area (Å²) in [6, 6.07) is 13.6. The van der Waals surface area contributed by atoms with Gasteiger partial charge < -0.3 is 19.9 Å². The Hall–Kier alpha value is -2.54. The average molecular weight is 376 g/mol. The van der Waals surface area contributed by atoms with Gasteiger partial charge in [0.25, 0.3) is 0 Å². The molecule has 2 rings (SSSR count). The Morgan fingerprint density at radius 3 is 2.38 bits per heavy atom. The second-order valence-corrected chi connectivity index (χ2v) is 6.03. The molecule has 2 amide bonds. The monoisotopic (exact) mass is 376 g/mol. The van der Waals surface area contributed by atoms with Gasteiger partial charge in [0.15, 0.2) is 0 Å². The molecule has 0 aliphatic heterocycles. The molecular formula is C19H24N2O4S. The molecule has 2 aromatic carbocycles. The van der Waals surface area contributed by atoms with E-state index in [1.165, 1.54) is 0 Å². The van der Waals surface area contributed by atoms with Gasteiger partial charge in [-0.25, -0.2) is 9.10 Å². The van der Waals surface area contributed by atoms with Crippen LogP contribution in [0.5, 0.6) is 17.2 Å². The number of hydrogen-bond acceptors (Lipinski definition) is 5. The molecule has 7 heteroatoms. The number of nitrogens with two attached hydrogens (primary N) is 1. The van der Waals surface area contributed by atoms with Crippen molar-refractivity contribution in [1.82, 2.24) is 0 Å². The van der Waals surface area contributed by atoms with E-state index in [-0.39, 0.29) is 0 Å². The van der Waals surface area contributed by atoms with Gasteiger partial charge in [-0.3, -0.25) is 0 Å². The van der Waals surface area contributed by atoms with Crippen molar-refractivity contribution in [3.63, 3.8) is 0 Å². The number of rotatable bonds is 9. The van der Waals surface area contributed by atoms with Crippen molar-refractivity contribution in [2.75, 3.05) is 11.4 Å². The minimum atomic E-state index is -0.664. The Labute approximate surface area is 159 Å². The van der Waals surface area contributed by atoms with Crippen LogP contribution in [0.4, 0.5) is 10.5 Å². The van der Waals surface area contributed by atoms with Gasteiger partial charge in [-0.2, -0.15) is 0 Å². The normalized spacial score (nSPS) is 11.5. The predicted molar refractivity (Wildman–Crippen MR) is 105 cm³/mol. The highest BCUT2D eigenvalue weighted by molar-refractivity contribution is 7.82. The molecule has 1 unspecified atom stereocenters. The summed E-state index contributed by atoms with van der Waals surface area (Å²) in [6.45, 7) is 2.11. The lowest BCUT2D eigenvalue weighted by atomic mass is 10.2. The summed E-state index contributed by atoms with van der Waals surface area (Å²) >= 11 is 4.07. The number of nitrogens with zero attached hydrogens (tertiary/aromatic N) is 1. The van der Waals surface area contributed by atoms with Gasteiger partial charge in [0.1, 0.15) is 17.2 Å². The van der Waals surface area contributed by atoms with Crippen molar-refractivity contribution < 1.29 is 19.0 Å². The summed E-state index contributed by atoms with van der Waals surface area (Å²) in [5, 5.41) is 0. The average Bonchev–Trinajstić information content (AvgIpc) is 2.66. The molecule has 2 N–H and O–H groups in total. The van der Waals surface area contributed by atoms with Crippen LogP contribution in [0.3, 0.4) is 0 Å². The first-order valence-electron chi connectivity index (χ1n) is 8.39. The molecule has 140 valence electrons. The lowest BCUT2D eigenvalue weighted by molar-refractivity contribution is -0.00210. The fraction of sp³-hybridized carbons (Fsp3) is 0.316. The highest BCUT2D eigenvalue weighted by Crippen LogP contribution is 2.25. The smallest absolute Gasteiger partial charge is 0.329 e. The lowest BCUT2D eigenvalue weighted by Gasteiger charge is -2.21. The molecule has 2 aromatic rings. The highest BCUT2D eigenvalue weighted by atomic mass is 32.1. The third-order valence-electron chi connectivity index (χ3n) is 3.66. The number of amides is 2. The van der Waals surface area contributed by atoms with Crippen molar-refractivity contribution in [2.24, 2.45) is 5.73 Å². The summed E-state index contributed by atoms with van der Waals surface area (Å²) in [5.74, 6) is 2.02. The number of unbranched alkanes of at least 4 members (excludes halogenated alkanes) is 1. The van der Waals surface area contributed by atoms with Crippen molar-refractivity contribution >= 4 is 24.5 Å². The minimum Gasteiger partial charge on any atom is -0.497 e. The summed E-state index contributed by atoms with van der Waals surface area (Å²) < 4.78 is 18.2. The van der Waals surface area contributed by atoms with Gasteiger partial charge in [0, 0.05) is 12.5 Å². The number of anilines is 1. The molecule has 0 saturated carbocycles. The Morgan fingerprint density at radius 1 is 1.12 bits per heavy atom. The van der Waals surface area contributed by atoms with Gasteiger partial charge in [-0.05, 0) is 42.8 Å². The molecule has 0 aromatic heterocycles. The maximum absolute atomic E-state index is 11.3. The fourth-order valence-electron chi connectivity index (χ4n) is 2.29. The van der Waals surface area contributed by atoms with E-state index in [4.69, 9.17) is 19.9 Å². The number of urea groups is 1. The van der Waals surface area contributed by atoms with Gasteiger partial charge in [0.05, 0.1) is 12.8 Å². The number of ether oxygens (including phenoxy) is 3. The number of thiol groups is 1. The molecule has 26 heavy (non-hydrogen) atoms. The summed E-state index contributed by atoms with van der Waals surface area (Å²) in [4.78, 5) is 11.3. The number of benzene rings is 2. The van der Waals surface area contributed by atoms with E-state index in [0.29, 0.717) is 17.2 Å². The van der Waals surface area contributed by atoms with Crippen molar-refractivity contribution in [3.05, 3.63) is 48.5 Å². The van der Waals surface area contributed by atoms with Crippen LogP contribution in [0.2, 0.25) is 0 Å². The largest absolute Gasteiger partial charge is 0.497 e. The zero-order valence-corrected chi connectivity index (χ0v) is 15.8. The lowest BCUT2D eigenvalue weighted by Crippen LogP contribution is -2.27. The maximum Gasteiger partial charge on any atom is 0.329 e. The quantitative estimate of drug-likeness (QED) is 0.502. The minimum absolute atomic E-state index is 0.458. The van der Waals surface area contributed by atoms with Crippen molar-refractivity contribution in [1.29, 1.82) is 0 Å². The van der Waals surface area contributed by atoms with Crippen molar-refractivity contribution in [2.45, 2.75) is 32.5 Å². The van der Waals surface area contributed by atoms with Crippen LogP contribution in [0.15, 0.2) is 48.5 Å². The van der Waals surface area contributed by atoms with Crippen LogP contribution in [0.25, 0.3) is 0 Å². The predicted octanol–water partition coefficient (Wildman–Crippen LogP) is 4.40. The summed E-state index contributed by atoms with van der Waals surface area (Å²) in [6.07, 6.45) is 2.26. The first kappa shape index (κ1) is 19.8. The van der Waals surface area contributed by atoms with Gasteiger partial charge in [0.2, 0.25) is 6.29 Å². The molecule has 0 radical (unpaired) electrons. The molecule has 0 bridgehead atoms. The Balaban J connectivity index is 2.11. The van der Waals surface area contributed by atoms with E-state index < -0.39 is 12.3 Å². The second-order valence-electron chi connectivity index (χ2n) is 5.63. The van der Waals surface area contributed by atoms with Gasteiger partial charge in [-0.15, -0.1) is 0 Å².